The van der Waals surface area contributed by atoms with Crippen molar-refractivity contribution in [2.45, 2.75) is 38.5 Å². The molecule has 16 heavy (non-hydrogen) atoms. The van der Waals surface area contributed by atoms with Crippen molar-refractivity contribution >= 4 is 12.6 Å². The molecule has 0 unspecified atom stereocenters. The lowest BCUT2D eigenvalue weighted by molar-refractivity contribution is -0.109. The molecule has 0 N–H and O–H groups in total. The van der Waals surface area contributed by atoms with Gasteiger partial charge in [0.05, 0.1) is 0 Å². The maximum atomic E-state index is 10.4. The van der Waals surface area contributed by atoms with Crippen LogP contribution in [0.15, 0.2) is 0 Å². The molecule has 0 aromatic carbocycles. The number of rotatable bonds is 4. The van der Waals surface area contributed by atoms with Crippen molar-refractivity contribution in [3.63, 3.8) is 0 Å². The fourth-order valence-electron chi connectivity index (χ4n) is 1.62. The van der Waals surface area contributed by atoms with Crippen molar-refractivity contribution in [3.8, 4) is 23.7 Å². The summed E-state index contributed by atoms with van der Waals surface area (Å²) in [4.78, 5) is 20.9. The fraction of sp³-hybridized carbons (Fsp3) is 0.571. The Kier molecular flexibility index (Phi) is 6.04. The Morgan fingerprint density at radius 1 is 0.750 bits per heavy atom. The number of aldehydes is 2. The van der Waals surface area contributed by atoms with Gasteiger partial charge in [-0.3, -0.25) is 0 Å². The van der Waals surface area contributed by atoms with Crippen molar-refractivity contribution in [1.82, 2.24) is 0 Å². The highest BCUT2D eigenvalue weighted by Gasteiger charge is 2.08. The topological polar surface area (TPSA) is 34.1 Å². The number of carbonyl (C=O) groups excluding carboxylic acids is 2. The molecule has 0 bridgehead atoms. The van der Waals surface area contributed by atoms with Crippen LogP contribution in [0.25, 0.3) is 0 Å². The smallest absolute Gasteiger partial charge is 0.120 e. The summed E-state index contributed by atoms with van der Waals surface area (Å²) < 4.78 is 0. The van der Waals surface area contributed by atoms with E-state index < -0.39 is 0 Å². The van der Waals surface area contributed by atoms with E-state index in [2.05, 4.69) is 23.7 Å². The molecule has 0 fully saturated rings. The van der Waals surface area contributed by atoms with Gasteiger partial charge in [-0.05, 0) is 11.8 Å². The summed E-state index contributed by atoms with van der Waals surface area (Å²) in [5, 5.41) is 0. The van der Waals surface area contributed by atoms with Gasteiger partial charge in [-0.1, -0.05) is 0 Å². The van der Waals surface area contributed by atoms with E-state index in [0.717, 1.165) is 38.3 Å². The second-order valence-corrected chi connectivity index (χ2v) is 4.06. The van der Waals surface area contributed by atoms with E-state index in [9.17, 15) is 9.59 Å². The van der Waals surface area contributed by atoms with Gasteiger partial charge < -0.3 is 9.59 Å². The second kappa shape index (κ2) is 7.71. The van der Waals surface area contributed by atoms with E-state index >= 15 is 0 Å². The van der Waals surface area contributed by atoms with Crippen molar-refractivity contribution in [1.29, 1.82) is 0 Å². The quantitative estimate of drug-likeness (QED) is 0.532. The third-order valence-corrected chi connectivity index (χ3v) is 2.67. The van der Waals surface area contributed by atoms with Crippen LogP contribution in [0.4, 0.5) is 0 Å². The molecular weight excluding hydrogens is 200 g/mol. The number of hydrogen-bond acceptors (Lipinski definition) is 2. The van der Waals surface area contributed by atoms with Crippen LogP contribution in [-0.2, 0) is 9.59 Å². The Balaban J connectivity index is 2.55. The summed E-state index contributed by atoms with van der Waals surface area (Å²) in [5.74, 6) is 12.9. The molecule has 1 rings (SSSR count). The molecule has 0 saturated heterocycles. The molecule has 0 amide bonds. The minimum atomic E-state index is 0.278. The van der Waals surface area contributed by atoms with E-state index in [1.807, 2.05) is 0 Å². The first-order valence-electron chi connectivity index (χ1n) is 5.65. The molecule has 0 atom stereocenters. The van der Waals surface area contributed by atoms with E-state index in [1.165, 1.54) is 0 Å². The van der Waals surface area contributed by atoms with Gasteiger partial charge >= 0.3 is 0 Å². The molecule has 84 valence electrons. The van der Waals surface area contributed by atoms with Gasteiger partial charge in [-0.25, -0.2) is 0 Å². The number of carbonyl (C=O) groups is 2. The zero-order valence-electron chi connectivity index (χ0n) is 9.37. The Morgan fingerprint density at radius 2 is 1.06 bits per heavy atom. The molecular formula is C14H16O2. The van der Waals surface area contributed by atoms with E-state index in [4.69, 9.17) is 0 Å². The maximum absolute atomic E-state index is 10.4. The maximum Gasteiger partial charge on any atom is 0.120 e. The lowest BCUT2D eigenvalue weighted by atomic mass is 9.94. The average Bonchev–Trinajstić information content (AvgIpc) is 2.29. The fourth-order valence-corrected chi connectivity index (χ4v) is 1.62. The average molecular weight is 216 g/mol. The first kappa shape index (κ1) is 12.5. The van der Waals surface area contributed by atoms with Crippen molar-refractivity contribution in [3.05, 3.63) is 0 Å². The van der Waals surface area contributed by atoms with Gasteiger partial charge in [0, 0.05) is 38.5 Å². The summed E-state index contributed by atoms with van der Waals surface area (Å²) in [5.41, 5.74) is 0. The van der Waals surface area contributed by atoms with E-state index in [-0.39, 0.29) is 11.8 Å². The molecule has 0 aromatic rings. The Bertz CT molecular complexity index is 292. The lowest BCUT2D eigenvalue weighted by Gasteiger charge is -2.09. The van der Waals surface area contributed by atoms with Crippen LogP contribution in [-0.4, -0.2) is 12.6 Å². The van der Waals surface area contributed by atoms with Crippen molar-refractivity contribution in [2.75, 3.05) is 0 Å². The molecule has 0 radical (unpaired) electrons. The minimum Gasteiger partial charge on any atom is -0.303 e. The summed E-state index contributed by atoms with van der Waals surface area (Å²) >= 11 is 0. The Labute approximate surface area is 96.8 Å². The summed E-state index contributed by atoms with van der Waals surface area (Å²) in [6, 6.07) is 0. The van der Waals surface area contributed by atoms with Crippen LogP contribution in [0.3, 0.4) is 0 Å². The van der Waals surface area contributed by atoms with Crippen LogP contribution in [0, 0.1) is 35.5 Å². The standard InChI is InChI=1S/C14H16O2/c15-11-9-13-5-1-2-6-14(10-12-16)8-4-3-7-13/h11-14H,5-10H2. The summed E-state index contributed by atoms with van der Waals surface area (Å²) in [7, 11) is 0. The van der Waals surface area contributed by atoms with Crippen LogP contribution in [0.5, 0.6) is 0 Å². The van der Waals surface area contributed by atoms with Crippen LogP contribution in [0.1, 0.15) is 38.5 Å². The summed E-state index contributed by atoms with van der Waals surface area (Å²) in [6.07, 6.45) is 5.91. The van der Waals surface area contributed by atoms with Crippen LogP contribution >= 0.6 is 0 Å². The molecule has 0 spiro atoms. The summed E-state index contributed by atoms with van der Waals surface area (Å²) in [6.45, 7) is 0. The molecule has 0 heterocycles. The highest BCUT2D eigenvalue weighted by atomic mass is 16.1. The third kappa shape index (κ3) is 4.80. The van der Waals surface area contributed by atoms with Gasteiger partial charge in [0.25, 0.3) is 0 Å². The molecule has 2 heteroatoms. The van der Waals surface area contributed by atoms with E-state index in [1.54, 1.807) is 0 Å². The zero-order valence-corrected chi connectivity index (χ0v) is 9.37. The highest BCUT2D eigenvalue weighted by Crippen LogP contribution is 2.14. The second-order valence-electron chi connectivity index (χ2n) is 4.06. The van der Waals surface area contributed by atoms with Crippen LogP contribution < -0.4 is 0 Å². The van der Waals surface area contributed by atoms with Crippen molar-refractivity contribution < 1.29 is 9.59 Å². The molecule has 1 aliphatic rings. The van der Waals surface area contributed by atoms with Gasteiger partial charge in [0.1, 0.15) is 12.6 Å². The zero-order chi connectivity index (χ0) is 11.6. The van der Waals surface area contributed by atoms with Gasteiger partial charge in [0.15, 0.2) is 0 Å². The van der Waals surface area contributed by atoms with Gasteiger partial charge in [-0.15, -0.1) is 23.7 Å². The van der Waals surface area contributed by atoms with E-state index in [0.29, 0.717) is 12.8 Å². The highest BCUT2D eigenvalue weighted by molar-refractivity contribution is 5.50. The van der Waals surface area contributed by atoms with Gasteiger partial charge in [0.2, 0.25) is 0 Å². The van der Waals surface area contributed by atoms with Gasteiger partial charge in [-0.2, -0.15) is 0 Å². The molecule has 0 aromatic heterocycles. The Morgan fingerprint density at radius 3 is 1.31 bits per heavy atom. The first-order valence-corrected chi connectivity index (χ1v) is 5.65. The molecule has 2 nitrogen and oxygen atoms in total. The molecule has 1 aliphatic carbocycles. The largest absolute Gasteiger partial charge is 0.303 e. The first-order chi connectivity index (χ1) is 7.86. The Hall–Kier alpha value is -1.54. The van der Waals surface area contributed by atoms with Crippen LogP contribution in [0.2, 0.25) is 0 Å². The number of hydrogen-bond donors (Lipinski definition) is 0. The van der Waals surface area contributed by atoms with Crippen molar-refractivity contribution in [2.24, 2.45) is 11.8 Å². The minimum absolute atomic E-state index is 0.278. The SMILES string of the molecule is O=CCC1CC#CCC(CC=O)CC#CC1. The lowest BCUT2D eigenvalue weighted by Crippen LogP contribution is -2.02. The predicted octanol–water partition coefficient (Wildman–Crippen LogP) is 1.98. The molecule has 0 saturated carbocycles. The predicted molar refractivity (Wildman–Crippen MR) is 62.4 cm³/mol. The monoisotopic (exact) mass is 216 g/mol. The molecule has 0 aliphatic heterocycles. The normalized spacial score (nSPS) is 24.2. The third-order valence-electron chi connectivity index (χ3n) is 2.67.